The SMILES string of the molecule is CN=C(NCc1ccc(-n2ccnc2)nc1)N1CCC(CC(=O)NC)CC1.I. The summed E-state index contributed by atoms with van der Waals surface area (Å²) < 4.78 is 1.87. The van der Waals surface area contributed by atoms with E-state index in [9.17, 15) is 4.79 Å². The lowest BCUT2D eigenvalue weighted by atomic mass is 9.93. The van der Waals surface area contributed by atoms with Gasteiger partial charge in [-0.2, -0.15) is 0 Å². The Morgan fingerprint density at radius 1 is 1.32 bits per heavy atom. The maximum absolute atomic E-state index is 11.5. The predicted molar refractivity (Wildman–Crippen MR) is 120 cm³/mol. The third-order valence-electron chi connectivity index (χ3n) is 4.91. The second kappa shape index (κ2) is 11.0. The summed E-state index contributed by atoms with van der Waals surface area (Å²) in [6.07, 6.45) is 9.84. The van der Waals surface area contributed by atoms with Crippen LogP contribution in [0.3, 0.4) is 0 Å². The lowest BCUT2D eigenvalue weighted by Crippen LogP contribution is -2.45. The molecule has 0 atom stereocenters. The Hall–Kier alpha value is -2.17. The van der Waals surface area contributed by atoms with Gasteiger partial charge in [-0.3, -0.25) is 14.4 Å². The zero-order valence-electron chi connectivity index (χ0n) is 16.3. The Kier molecular flexibility index (Phi) is 8.68. The number of guanidine groups is 1. The second-order valence-electron chi connectivity index (χ2n) is 6.70. The second-order valence-corrected chi connectivity index (χ2v) is 6.70. The van der Waals surface area contributed by atoms with Crippen molar-refractivity contribution < 1.29 is 4.79 Å². The molecule has 1 aliphatic heterocycles. The van der Waals surface area contributed by atoms with Crippen molar-refractivity contribution in [3.8, 4) is 5.82 Å². The number of imidazole rings is 1. The van der Waals surface area contributed by atoms with E-state index in [0.717, 1.165) is 43.3 Å². The third-order valence-corrected chi connectivity index (χ3v) is 4.91. The fourth-order valence-electron chi connectivity index (χ4n) is 3.30. The first-order valence-corrected chi connectivity index (χ1v) is 9.29. The summed E-state index contributed by atoms with van der Waals surface area (Å²) in [5.74, 6) is 2.33. The molecule has 2 N–H and O–H groups in total. The predicted octanol–water partition coefficient (Wildman–Crippen LogP) is 1.81. The fraction of sp³-hybridized carbons (Fsp3) is 0.474. The Balaban J connectivity index is 0.00000280. The highest BCUT2D eigenvalue weighted by atomic mass is 127. The van der Waals surface area contributed by atoms with Crippen LogP contribution in [0.1, 0.15) is 24.8 Å². The van der Waals surface area contributed by atoms with Crippen LogP contribution in [0.2, 0.25) is 0 Å². The van der Waals surface area contributed by atoms with Crippen LogP contribution in [0, 0.1) is 5.92 Å². The fourth-order valence-corrected chi connectivity index (χ4v) is 3.30. The van der Waals surface area contributed by atoms with Crippen LogP contribution >= 0.6 is 24.0 Å². The summed E-state index contributed by atoms with van der Waals surface area (Å²) in [6.45, 7) is 2.50. The van der Waals surface area contributed by atoms with E-state index in [2.05, 4.69) is 36.6 Å². The number of likely N-dealkylation sites (tertiary alicyclic amines) is 1. The zero-order valence-corrected chi connectivity index (χ0v) is 18.7. The summed E-state index contributed by atoms with van der Waals surface area (Å²) in [6, 6.07) is 4.03. The average molecular weight is 497 g/mol. The van der Waals surface area contributed by atoms with E-state index < -0.39 is 0 Å². The number of rotatable bonds is 5. The highest BCUT2D eigenvalue weighted by molar-refractivity contribution is 14.0. The van der Waals surface area contributed by atoms with Gasteiger partial charge < -0.3 is 15.5 Å². The molecule has 2 aromatic heterocycles. The monoisotopic (exact) mass is 497 g/mol. The molecule has 152 valence electrons. The van der Waals surface area contributed by atoms with Gasteiger partial charge in [-0.1, -0.05) is 6.07 Å². The lowest BCUT2D eigenvalue weighted by Gasteiger charge is -2.34. The first-order chi connectivity index (χ1) is 13.2. The van der Waals surface area contributed by atoms with Crippen LogP contribution in [0.4, 0.5) is 0 Å². The normalized spacial score (nSPS) is 15.1. The molecular weight excluding hydrogens is 469 g/mol. The third kappa shape index (κ3) is 5.91. The van der Waals surface area contributed by atoms with Crippen molar-refractivity contribution in [3.63, 3.8) is 0 Å². The molecule has 0 saturated carbocycles. The van der Waals surface area contributed by atoms with Crippen molar-refractivity contribution in [1.82, 2.24) is 30.1 Å². The summed E-state index contributed by atoms with van der Waals surface area (Å²) in [7, 11) is 3.50. The molecule has 2 aromatic rings. The molecule has 28 heavy (non-hydrogen) atoms. The molecule has 1 fully saturated rings. The van der Waals surface area contributed by atoms with Crippen LogP contribution in [0.25, 0.3) is 5.82 Å². The number of aliphatic imine (C=N–C) groups is 1. The number of nitrogens with one attached hydrogen (secondary N) is 2. The van der Waals surface area contributed by atoms with E-state index in [-0.39, 0.29) is 29.9 Å². The number of aromatic nitrogens is 3. The number of carbonyl (C=O) groups excluding carboxylic acids is 1. The summed E-state index contributed by atoms with van der Waals surface area (Å²) in [5, 5.41) is 6.12. The molecule has 0 aliphatic carbocycles. The number of pyridine rings is 1. The van der Waals surface area contributed by atoms with Gasteiger partial charge in [0.25, 0.3) is 0 Å². The highest BCUT2D eigenvalue weighted by Gasteiger charge is 2.22. The Bertz CT molecular complexity index is 753. The van der Waals surface area contributed by atoms with Crippen LogP contribution < -0.4 is 10.6 Å². The minimum Gasteiger partial charge on any atom is -0.359 e. The quantitative estimate of drug-likeness (QED) is 0.374. The molecule has 3 heterocycles. The molecule has 1 amide bonds. The maximum atomic E-state index is 11.5. The molecule has 1 saturated heterocycles. The van der Waals surface area contributed by atoms with Gasteiger partial charge in [-0.05, 0) is 30.4 Å². The minimum absolute atomic E-state index is 0. The summed E-state index contributed by atoms with van der Waals surface area (Å²) >= 11 is 0. The van der Waals surface area contributed by atoms with E-state index >= 15 is 0 Å². The molecule has 0 spiro atoms. The number of carbonyl (C=O) groups is 1. The van der Waals surface area contributed by atoms with Crippen LogP contribution in [0.15, 0.2) is 42.0 Å². The minimum atomic E-state index is 0. The summed E-state index contributed by atoms with van der Waals surface area (Å²) in [5.41, 5.74) is 1.09. The van der Waals surface area contributed by atoms with Crippen LogP contribution in [-0.4, -0.2) is 58.5 Å². The van der Waals surface area contributed by atoms with Crippen molar-refractivity contribution in [1.29, 1.82) is 0 Å². The zero-order chi connectivity index (χ0) is 19.1. The van der Waals surface area contributed by atoms with E-state index in [1.54, 1.807) is 26.6 Å². The van der Waals surface area contributed by atoms with Gasteiger partial charge in [-0.15, -0.1) is 24.0 Å². The van der Waals surface area contributed by atoms with E-state index in [1.165, 1.54) is 0 Å². The number of piperidine rings is 1. The standard InChI is InChI=1S/C19H27N7O.HI/c1-20-18(27)11-15-5-8-25(9-6-15)19(21-2)24-13-16-3-4-17(23-12-16)26-10-7-22-14-26;/h3-4,7,10,12,14-15H,5-6,8-9,11,13H2,1-2H3,(H,20,27)(H,21,24);1H. The molecule has 0 bridgehead atoms. The van der Waals surface area contributed by atoms with Gasteiger partial charge in [0.05, 0.1) is 0 Å². The van der Waals surface area contributed by atoms with Gasteiger partial charge in [0.15, 0.2) is 5.96 Å². The van der Waals surface area contributed by atoms with Crippen molar-refractivity contribution in [2.75, 3.05) is 27.2 Å². The van der Waals surface area contributed by atoms with E-state index in [1.807, 2.05) is 23.0 Å². The summed E-state index contributed by atoms with van der Waals surface area (Å²) in [4.78, 5) is 26.7. The van der Waals surface area contributed by atoms with E-state index in [4.69, 9.17) is 0 Å². The van der Waals surface area contributed by atoms with Gasteiger partial charge in [0.1, 0.15) is 12.1 Å². The molecule has 0 radical (unpaired) electrons. The highest BCUT2D eigenvalue weighted by Crippen LogP contribution is 2.20. The van der Waals surface area contributed by atoms with Crippen molar-refractivity contribution in [2.45, 2.75) is 25.8 Å². The molecule has 1 aliphatic rings. The van der Waals surface area contributed by atoms with Crippen molar-refractivity contribution >= 4 is 35.8 Å². The lowest BCUT2D eigenvalue weighted by molar-refractivity contribution is -0.121. The Morgan fingerprint density at radius 3 is 2.68 bits per heavy atom. The smallest absolute Gasteiger partial charge is 0.220 e. The molecule has 9 heteroatoms. The largest absolute Gasteiger partial charge is 0.359 e. The maximum Gasteiger partial charge on any atom is 0.220 e. The van der Waals surface area contributed by atoms with Gasteiger partial charge in [-0.25, -0.2) is 9.97 Å². The number of nitrogens with zero attached hydrogens (tertiary/aromatic N) is 5. The van der Waals surface area contributed by atoms with E-state index in [0.29, 0.717) is 18.9 Å². The number of halogens is 1. The van der Waals surface area contributed by atoms with Crippen LogP contribution in [-0.2, 0) is 11.3 Å². The first-order valence-electron chi connectivity index (χ1n) is 9.29. The van der Waals surface area contributed by atoms with Crippen molar-refractivity contribution in [3.05, 3.63) is 42.6 Å². The topological polar surface area (TPSA) is 87.4 Å². The molecular formula is C19H28IN7O. The number of hydrogen-bond donors (Lipinski definition) is 2. The molecule has 0 unspecified atom stereocenters. The molecule has 0 aromatic carbocycles. The average Bonchev–Trinajstić information content (AvgIpc) is 3.25. The van der Waals surface area contributed by atoms with Gasteiger partial charge in [0.2, 0.25) is 5.91 Å². The molecule has 3 rings (SSSR count). The Labute approximate surface area is 182 Å². The van der Waals surface area contributed by atoms with Crippen LogP contribution in [0.5, 0.6) is 0 Å². The van der Waals surface area contributed by atoms with Gasteiger partial charge >= 0.3 is 0 Å². The number of hydrogen-bond acceptors (Lipinski definition) is 4. The molecule has 8 nitrogen and oxygen atoms in total. The Morgan fingerprint density at radius 2 is 2.11 bits per heavy atom. The van der Waals surface area contributed by atoms with Crippen molar-refractivity contribution in [2.24, 2.45) is 10.9 Å². The number of amides is 1. The van der Waals surface area contributed by atoms with Gasteiger partial charge in [0, 0.05) is 58.7 Å². The first kappa shape index (κ1) is 22.1.